The molecule has 1 aromatic carbocycles. The molecule has 0 bridgehead atoms. The molecule has 1 aliphatic carbocycles. The van der Waals surface area contributed by atoms with Crippen LogP contribution in [0.15, 0.2) is 47.9 Å². The highest BCUT2D eigenvalue weighted by atomic mass is 35.5. The Morgan fingerprint density at radius 3 is 2.88 bits per heavy atom. The van der Waals surface area contributed by atoms with Crippen molar-refractivity contribution >= 4 is 29.7 Å². The van der Waals surface area contributed by atoms with Crippen LogP contribution < -0.4 is 9.64 Å². The zero-order valence-electron chi connectivity index (χ0n) is 18.4. The lowest BCUT2D eigenvalue weighted by Crippen LogP contribution is -2.47. The zero-order chi connectivity index (χ0) is 23.9. The Labute approximate surface area is 200 Å². The van der Waals surface area contributed by atoms with Crippen molar-refractivity contribution in [2.24, 2.45) is 4.99 Å². The maximum Gasteiger partial charge on any atom is 0.290 e. The molecule has 2 aromatic rings. The Kier molecular flexibility index (Phi) is 5.81. The number of fused-ring (bicyclic) bond motifs is 1. The normalized spacial score (nSPS) is 20.2. The molecule has 2 aliphatic heterocycles. The van der Waals surface area contributed by atoms with E-state index in [-0.39, 0.29) is 42.1 Å². The number of nitrogens with zero attached hydrogens (tertiary/aromatic N) is 5. The smallest absolute Gasteiger partial charge is 0.290 e. The Morgan fingerprint density at radius 1 is 1.29 bits per heavy atom. The molecular weight excluding hydrogens is 464 g/mol. The second-order valence-electron chi connectivity index (χ2n) is 8.41. The highest BCUT2D eigenvalue weighted by molar-refractivity contribution is 6.32. The van der Waals surface area contributed by atoms with E-state index in [1.54, 1.807) is 36.7 Å². The van der Waals surface area contributed by atoms with E-state index < -0.39 is 5.92 Å². The van der Waals surface area contributed by atoms with E-state index in [9.17, 15) is 13.6 Å². The predicted molar refractivity (Wildman–Crippen MR) is 125 cm³/mol. The van der Waals surface area contributed by atoms with Gasteiger partial charge in [0.05, 0.1) is 10.7 Å². The van der Waals surface area contributed by atoms with E-state index in [4.69, 9.17) is 16.3 Å². The average molecular weight is 486 g/mol. The number of allylic oxidation sites excluding steroid dienone is 1. The lowest BCUT2D eigenvalue weighted by Gasteiger charge is -2.39. The maximum atomic E-state index is 14.6. The summed E-state index contributed by atoms with van der Waals surface area (Å²) in [6.45, 7) is 2.52. The van der Waals surface area contributed by atoms with Crippen molar-refractivity contribution in [3.63, 3.8) is 0 Å². The van der Waals surface area contributed by atoms with Gasteiger partial charge in [-0.1, -0.05) is 11.6 Å². The molecule has 0 N–H and O–H groups in total. The minimum absolute atomic E-state index is 0.193. The summed E-state index contributed by atoms with van der Waals surface area (Å²) < 4.78 is 34.8. The first kappa shape index (κ1) is 22.5. The second-order valence-corrected chi connectivity index (χ2v) is 8.81. The van der Waals surface area contributed by atoms with Crippen LogP contribution in [0.2, 0.25) is 5.02 Å². The van der Waals surface area contributed by atoms with E-state index in [1.165, 1.54) is 17.3 Å². The molecule has 7 nitrogen and oxygen atoms in total. The van der Waals surface area contributed by atoms with Crippen LogP contribution in [0.5, 0.6) is 5.75 Å². The standard InChI is InChI=1S/C24H22ClF2N5O2/c1-15-6-11-32(15)23-29-21(17-5-7-24(26,27)22(17)30-23)16-3-4-19(18(25)13-16)34-14-20(33)31-10-2-8-28-9-12-31/h2-4,8-10,12-13,15H,5-7,11,14H2,1H3/t15-/m0/s1. The van der Waals surface area contributed by atoms with Gasteiger partial charge in [-0.25, -0.2) is 9.97 Å². The summed E-state index contributed by atoms with van der Waals surface area (Å²) in [4.78, 5) is 28.5. The van der Waals surface area contributed by atoms with Gasteiger partial charge in [0.1, 0.15) is 11.4 Å². The number of carbonyl (C=O) groups excluding carboxylic acids is 1. The van der Waals surface area contributed by atoms with Gasteiger partial charge in [-0.2, -0.15) is 8.78 Å². The molecule has 176 valence electrons. The monoisotopic (exact) mass is 485 g/mol. The van der Waals surface area contributed by atoms with Gasteiger partial charge in [-0.3, -0.25) is 14.7 Å². The van der Waals surface area contributed by atoms with Crippen molar-refractivity contribution in [1.29, 1.82) is 0 Å². The average Bonchev–Trinajstić information content (AvgIpc) is 2.98. The number of alkyl halides is 2. The van der Waals surface area contributed by atoms with Gasteiger partial charge >= 0.3 is 0 Å². The Hall–Kier alpha value is -3.33. The third-order valence-electron chi connectivity index (χ3n) is 6.18. The molecule has 0 saturated carbocycles. The van der Waals surface area contributed by atoms with E-state index in [2.05, 4.69) is 15.0 Å². The third kappa shape index (κ3) is 4.16. The number of aromatic nitrogens is 2. The summed E-state index contributed by atoms with van der Waals surface area (Å²) >= 11 is 6.45. The Morgan fingerprint density at radius 2 is 2.15 bits per heavy atom. The number of hydrogen-bond acceptors (Lipinski definition) is 6. The molecule has 5 rings (SSSR count). The highest BCUT2D eigenvalue weighted by Gasteiger charge is 2.44. The van der Waals surface area contributed by atoms with E-state index in [0.717, 1.165) is 13.0 Å². The number of benzene rings is 1. The fourth-order valence-electron chi connectivity index (χ4n) is 4.13. The first-order chi connectivity index (χ1) is 16.3. The molecule has 1 amide bonds. The molecule has 1 aromatic heterocycles. The highest BCUT2D eigenvalue weighted by Crippen LogP contribution is 2.45. The number of aliphatic imine (C=N–C) groups is 1. The summed E-state index contributed by atoms with van der Waals surface area (Å²) in [5, 5.41) is 0.256. The largest absolute Gasteiger partial charge is 0.482 e. The molecule has 3 aliphatic rings. The van der Waals surface area contributed by atoms with E-state index >= 15 is 0 Å². The van der Waals surface area contributed by atoms with Gasteiger partial charge in [0.2, 0.25) is 5.95 Å². The van der Waals surface area contributed by atoms with Gasteiger partial charge in [-0.05, 0) is 44.0 Å². The van der Waals surface area contributed by atoms with Crippen LogP contribution >= 0.6 is 11.6 Å². The Balaban J connectivity index is 1.40. The van der Waals surface area contributed by atoms with Crippen LogP contribution in [0.3, 0.4) is 0 Å². The van der Waals surface area contributed by atoms with Crippen molar-refractivity contribution in [3.8, 4) is 17.0 Å². The summed E-state index contributed by atoms with van der Waals surface area (Å²) in [5.41, 5.74) is 1.31. The number of hydrogen-bond donors (Lipinski definition) is 0. The fourth-order valence-corrected chi connectivity index (χ4v) is 4.36. The molecule has 1 saturated heterocycles. The summed E-state index contributed by atoms with van der Waals surface area (Å²) in [7, 11) is 0. The summed E-state index contributed by atoms with van der Waals surface area (Å²) in [6.07, 6.45) is 8.68. The number of ether oxygens (including phenoxy) is 1. The quantitative estimate of drug-likeness (QED) is 0.613. The first-order valence-corrected chi connectivity index (χ1v) is 11.4. The van der Waals surface area contributed by atoms with Crippen molar-refractivity contribution in [2.75, 3.05) is 18.1 Å². The molecule has 34 heavy (non-hydrogen) atoms. The third-order valence-corrected chi connectivity index (χ3v) is 6.48. The van der Waals surface area contributed by atoms with Crippen LogP contribution in [0.25, 0.3) is 11.3 Å². The van der Waals surface area contributed by atoms with Crippen LogP contribution in [-0.4, -0.2) is 46.2 Å². The SMILES string of the molecule is C[C@H]1CCN1c1nc(-c2ccc(OCC(=O)N3C=CC=NC=C3)c(Cl)c2)c2c(n1)C(F)(F)CC2. The fraction of sp³-hybridized carbons (Fsp3) is 0.333. The van der Waals surface area contributed by atoms with Crippen LogP contribution in [0.4, 0.5) is 14.7 Å². The molecule has 0 radical (unpaired) electrons. The first-order valence-electron chi connectivity index (χ1n) is 11.0. The topological polar surface area (TPSA) is 70.9 Å². The van der Waals surface area contributed by atoms with Gasteiger partial charge in [0, 0.05) is 54.9 Å². The number of rotatable bonds is 5. The summed E-state index contributed by atoms with van der Waals surface area (Å²) in [6, 6.07) is 5.17. The molecule has 0 spiro atoms. The van der Waals surface area contributed by atoms with Gasteiger partial charge in [0.15, 0.2) is 6.61 Å². The molecule has 1 fully saturated rings. The van der Waals surface area contributed by atoms with Gasteiger partial charge in [0.25, 0.3) is 11.8 Å². The maximum absolute atomic E-state index is 14.6. The number of anilines is 1. The van der Waals surface area contributed by atoms with Gasteiger partial charge < -0.3 is 9.64 Å². The molecule has 0 unspecified atom stereocenters. The lowest BCUT2D eigenvalue weighted by atomic mass is 10.0. The lowest BCUT2D eigenvalue weighted by molar-refractivity contribution is -0.128. The number of amides is 1. The second kappa shape index (κ2) is 8.79. The minimum Gasteiger partial charge on any atom is -0.482 e. The van der Waals surface area contributed by atoms with Crippen LogP contribution in [0.1, 0.15) is 31.0 Å². The van der Waals surface area contributed by atoms with E-state index in [0.29, 0.717) is 28.5 Å². The van der Waals surface area contributed by atoms with Crippen molar-refractivity contribution in [1.82, 2.24) is 14.9 Å². The minimum atomic E-state index is -2.98. The molecule has 10 heteroatoms. The molecule has 1 atom stereocenters. The van der Waals surface area contributed by atoms with Gasteiger partial charge in [-0.15, -0.1) is 0 Å². The molecular formula is C24H22ClF2N5O2. The van der Waals surface area contributed by atoms with Crippen molar-refractivity contribution < 1.29 is 18.3 Å². The zero-order valence-corrected chi connectivity index (χ0v) is 19.2. The van der Waals surface area contributed by atoms with E-state index in [1.807, 2.05) is 11.8 Å². The molecule has 3 heterocycles. The van der Waals surface area contributed by atoms with Crippen molar-refractivity contribution in [2.45, 2.75) is 38.2 Å². The number of halogens is 3. The van der Waals surface area contributed by atoms with Crippen molar-refractivity contribution in [3.05, 3.63) is 59.2 Å². The summed E-state index contributed by atoms with van der Waals surface area (Å²) in [5.74, 6) is -2.66. The van der Waals surface area contributed by atoms with Crippen LogP contribution in [0, 0.1) is 0 Å². The Bertz CT molecular complexity index is 1210. The van der Waals surface area contributed by atoms with Crippen LogP contribution in [-0.2, 0) is 17.1 Å². The number of carbonyl (C=O) groups is 1. The predicted octanol–water partition coefficient (Wildman–Crippen LogP) is 4.71.